The Morgan fingerprint density at radius 2 is 1.82 bits per heavy atom. The predicted octanol–water partition coefficient (Wildman–Crippen LogP) is 4.54. The smallest absolute Gasteiger partial charge is 0.277 e. The molecule has 1 aliphatic heterocycles. The van der Waals surface area contributed by atoms with E-state index in [9.17, 15) is 4.79 Å². The highest BCUT2D eigenvalue weighted by molar-refractivity contribution is 6.05. The maximum absolute atomic E-state index is 13.3. The Bertz CT molecular complexity index is 987. The normalized spacial score (nSPS) is 13.1. The summed E-state index contributed by atoms with van der Waals surface area (Å²) in [6.07, 6.45) is 1.97. The number of rotatable bonds is 4. The molecule has 0 N–H and O–H groups in total. The van der Waals surface area contributed by atoms with Gasteiger partial charge in [-0.2, -0.15) is 0 Å². The largest absolute Gasteiger partial charge is 0.311 e. The average Bonchev–Trinajstić information content (AvgIpc) is 2.74. The highest BCUT2D eigenvalue weighted by atomic mass is 16.2. The molecule has 0 aliphatic carbocycles. The highest BCUT2D eigenvalue weighted by Gasteiger charge is 2.25. The third kappa shape index (κ3) is 3.48. The average molecular weight is 372 g/mol. The molecule has 0 bridgehead atoms. The lowest BCUT2D eigenvalue weighted by molar-refractivity contribution is 0.0980. The van der Waals surface area contributed by atoms with Crippen molar-refractivity contribution in [2.75, 3.05) is 22.9 Å². The van der Waals surface area contributed by atoms with E-state index in [1.165, 1.54) is 5.56 Å². The van der Waals surface area contributed by atoms with Crippen molar-refractivity contribution in [2.24, 2.45) is 0 Å². The standard InChI is InChI=1S/C23H24N4O/c1-3-26(19-12-5-4-6-13-19)23-24-17(2)16-20(25-23)22(28)27-15-9-11-18-10-7-8-14-21(18)27/h4-8,10,12-14,16H,3,9,11,15H2,1-2H3. The first-order valence-electron chi connectivity index (χ1n) is 9.75. The number of hydrogen-bond donors (Lipinski definition) is 0. The summed E-state index contributed by atoms with van der Waals surface area (Å²) in [5, 5.41) is 0. The summed E-state index contributed by atoms with van der Waals surface area (Å²) in [7, 11) is 0. The van der Waals surface area contributed by atoms with Crippen LogP contribution in [0, 0.1) is 6.92 Å². The molecule has 3 aromatic rings. The van der Waals surface area contributed by atoms with Gasteiger partial charge in [0.2, 0.25) is 5.95 Å². The van der Waals surface area contributed by atoms with E-state index in [1.54, 1.807) is 6.07 Å². The van der Waals surface area contributed by atoms with Crippen LogP contribution >= 0.6 is 0 Å². The lowest BCUT2D eigenvalue weighted by Gasteiger charge is -2.29. The van der Waals surface area contributed by atoms with Crippen molar-refractivity contribution in [3.05, 3.63) is 77.6 Å². The molecule has 1 aliphatic rings. The summed E-state index contributed by atoms with van der Waals surface area (Å²) in [5.74, 6) is 0.491. The summed E-state index contributed by atoms with van der Waals surface area (Å²) in [6.45, 7) is 5.39. The molecule has 0 spiro atoms. The van der Waals surface area contributed by atoms with E-state index in [1.807, 2.05) is 65.3 Å². The molecular weight excluding hydrogens is 348 g/mol. The summed E-state index contributed by atoms with van der Waals surface area (Å²) in [6, 6.07) is 19.9. The van der Waals surface area contributed by atoms with Crippen molar-refractivity contribution in [2.45, 2.75) is 26.7 Å². The Labute approximate surface area is 165 Å². The van der Waals surface area contributed by atoms with Gasteiger partial charge in [0.05, 0.1) is 0 Å². The van der Waals surface area contributed by atoms with Gasteiger partial charge in [0.1, 0.15) is 5.69 Å². The van der Waals surface area contributed by atoms with Gasteiger partial charge in [-0.25, -0.2) is 9.97 Å². The van der Waals surface area contributed by atoms with E-state index in [2.05, 4.69) is 23.0 Å². The topological polar surface area (TPSA) is 49.3 Å². The Morgan fingerprint density at radius 3 is 2.61 bits per heavy atom. The molecule has 2 aromatic carbocycles. The number of benzene rings is 2. The number of anilines is 3. The number of carbonyl (C=O) groups excluding carboxylic acids is 1. The Morgan fingerprint density at radius 1 is 1.07 bits per heavy atom. The zero-order chi connectivity index (χ0) is 19.5. The maximum Gasteiger partial charge on any atom is 0.277 e. The second-order valence-electron chi connectivity index (χ2n) is 6.96. The lowest BCUT2D eigenvalue weighted by Crippen LogP contribution is -2.36. The quantitative estimate of drug-likeness (QED) is 0.675. The van der Waals surface area contributed by atoms with Gasteiger partial charge in [-0.05, 0) is 56.5 Å². The van der Waals surface area contributed by atoms with Gasteiger partial charge < -0.3 is 9.80 Å². The van der Waals surface area contributed by atoms with Crippen molar-refractivity contribution in [1.82, 2.24) is 9.97 Å². The van der Waals surface area contributed by atoms with E-state index in [0.29, 0.717) is 24.7 Å². The van der Waals surface area contributed by atoms with Crippen LogP contribution in [0.4, 0.5) is 17.3 Å². The molecule has 0 radical (unpaired) electrons. The molecule has 0 fully saturated rings. The van der Waals surface area contributed by atoms with Gasteiger partial charge in [-0.1, -0.05) is 36.4 Å². The van der Waals surface area contributed by atoms with Crippen LogP contribution in [-0.4, -0.2) is 29.0 Å². The summed E-state index contributed by atoms with van der Waals surface area (Å²) in [4.78, 5) is 26.5. The fourth-order valence-corrected chi connectivity index (χ4v) is 3.71. The fourth-order valence-electron chi connectivity index (χ4n) is 3.71. The third-order valence-electron chi connectivity index (χ3n) is 5.04. The first-order chi connectivity index (χ1) is 13.7. The van der Waals surface area contributed by atoms with E-state index < -0.39 is 0 Å². The van der Waals surface area contributed by atoms with Crippen LogP contribution in [0.3, 0.4) is 0 Å². The van der Waals surface area contributed by atoms with Gasteiger partial charge in [0.15, 0.2) is 0 Å². The van der Waals surface area contributed by atoms with Crippen molar-refractivity contribution < 1.29 is 4.79 Å². The van der Waals surface area contributed by atoms with Gasteiger partial charge in [0.25, 0.3) is 5.91 Å². The van der Waals surface area contributed by atoms with Gasteiger partial charge in [0, 0.05) is 30.2 Å². The Hall–Kier alpha value is -3.21. The minimum Gasteiger partial charge on any atom is -0.311 e. The van der Waals surface area contributed by atoms with Gasteiger partial charge >= 0.3 is 0 Å². The van der Waals surface area contributed by atoms with E-state index in [4.69, 9.17) is 0 Å². The Balaban J connectivity index is 1.71. The van der Waals surface area contributed by atoms with Crippen LogP contribution in [0.2, 0.25) is 0 Å². The van der Waals surface area contributed by atoms with Crippen molar-refractivity contribution in [3.63, 3.8) is 0 Å². The van der Waals surface area contributed by atoms with Gasteiger partial charge in [-0.3, -0.25) is 4.79 Å². The SMILES string of the molecule is CCN(c1ccccc1)c1nc(C)cc(C(=O)N2CCCc3ccccc32)n1. The number of carbonyl (C=O) groups is 1. The van der Waals surface area contributed by atoms with E-state index in [0.717, 1.165) is 29.9 Å². The van der Waals surface area contributed by atoms with Crippen LogP contribution in [0.5, 0.6) is 0 Å². The molecular formula is C23H24N4O. The molecule has 142 valence electrons. The molecule has 28 heavy (non-hydrogen) atoms. The zero-order valence-corrected chi connectivity index (χ0v) is 16.3. The minimum atomic E-state index is -0.0667. The maximum atomic E-state index is 13.3. The number of hydrogen-bond acceptors (Lipinski definition) is 4. The number of fused-ring (bicyclic) bond motifs is 1. The molecule has 0 unspecified atom stereocenters. The Kier molecular flexibility index (Phi) is 5.06. The number of aromatic nitrogens is 2. The van der Waals surface area contributed by atoms with Crippen LogP contribution in [0.25, 0.3) is 0 Å². The number of amides is 1. The third-order valence-corrected chi connectivity index (χ3v) is 5.04. The van der Waals surface area contributed by atoms with Crippen LogP contribution < -0.4 is 9.80 Å². The van der Waals surface area contributed by atoms with Crippen molar-refractivity contribution in [1.29, 1.82) is 0 Å². The summed E-state index contributed by atoms with van der Waals surface area (Å²) >= 11 is 0. The van der Waals surface area contributed by atoms with Crippen LogP contribution in [-0.2, 0) is 6.42 Å². The molecule has 0 atom stereocenters. The lowest BCUT2D eigenvalue weighted by atomic mass is 10.0. The molecule has 2 heterocycles. The molecule has 4 rings (SSSR count). The van der Waals surface area contributed by atoms with Crippen LogP contribution in [0.1, 0.15) is 35.1 Å². The first kappa shape index (κ1) is 18.2. The minimum absolute atomic E-state index is 0.0667. The van der Waals surface area contributed by atoms with E-state index in [-0.39, 0.29) is 5.91 Å². The fraction of sp³-hybridized carbons (Fsp3) is 0.261. The monoisotopic (exact) mass is 372 g/mol. The second-order valence-corrected chi connectivity index (χ2v) is 6.96. The number of para-hydroxylation sites is 2. The predicted molar refractivity (Wildman–Crippen MR) is 112 cm³/mol. The van der Waals surface area contributed by atoms with Crippen LogP contribution in [0.15, 0.2) is 60.7 Å². The number of nitrogens with zero attached hydrogens (tertiary/aromatic N) is 4. The molecule has 5 nitrogen and oxygen atoms in total. The van der Waals surface area contributed by atoms with Gasteiger partial charge in [-0.15, -0.1) is 0 Å². The molecule has 1 amide bonds. The van der Waals surface area contributed by atoms with Crippen molar-refractivity contribution in [3.8, 4) is 0 Å². The summed E-state index contributed by atoms with van der Waals surface area (Å²) in [5.41, 5.74) is 4.44. The molecule has 0 saturated carbocycles. The first-order valence-corrected chi connectivity index (χ1v) is 9.75. The number of aryl methyl sites for hydroxylation is 2. The second kappa shape index (κ2) is 7.80. The molecule has 1 aromatic heterocycles. The summed E-state index contributed by atoms with van der Waals surface area (Å²) < 4.78 is 0. The highest BCUT2D eigenvalue weighted by Crippen LogP contribution is 2.28. The van der Waals surface area contributed by atoms with E-state index >= 15 is 0 Å². The molecule has 5 heteroatoms. The molecule has 0 saturated heterocycles. The zero-order valence-electron chi connectivity index (χ0n) is 16.3. The van der Waals surface area contributed by atoms with Crippen molar-refractivity contribution >= 4 is 23.2 Å².